The van der Waals surface area contributed by atoms with Gasteiger partial charge in [-0.05, 0) is 66.5 Å². The van der Waals surface area contributed by atoms with E-state index in [0.29, 0.717) is 34.0 Å². The van der Waals surface area contributed by atoms with Crippen LogP contribution in [-0.4, -0.2) is 29.2 Å². The van der Waals surface area contributed by atoms with Crippen molar-refractivity contribution in [3.8, 4) is 11.5 Å². The second kappa shape index (κ2) is 7.20. The van der Waals surface area contributed by atoms with E-state index in [-0.39, 0.29) is 42.0 Å². The summed E-state index contributed by atoms with van der Waals surface area (Å²) in [6.07, 6.45) is 5.37. The summed E-state index contributed by atoms with van der Waals surface area (Å²) in [5, 5.41) is 3.27. The standard InChI is InChI=1S/C25H21ClN2O4/c26-19-3-1-2-4-20(19)32-14-7-5-13(6-8-14)27-21(29)12-28-24(30)22-15-9-10-16(18-11-17(15)18)23(22)25(28)31/h1-10,15-18,22-23H,11-12H2,(H,27,29)/t15-,16-,17-,18+,22+,23-/m1/s1. The fourth-order valence-corrected chi connectivity index (χ4v) is 5.95. The van der Waals surface area contributed by atoms with Crippen molar-refractivity contribution in [1.29, 1.82) is 0 Å². The van der Waals surface area contributed by atoms with Crippen LogP contribution in [0.5, 0.6) is 11.5 Å². The molecule has 1 heterocycles. The number of benzene rings is 2. The van der Waals surface area contributed by atoms with E-state index in [1.54, 1.807) is 36.4 Å². The molecule has 2 bridgehead atoms. The number of para-hydroxylation sites is 1. The van der Waals surface area contributed by atoms with E-state index in [2.05, 4.69) is 17.5 Å². The molecule has 0 unspecified atom stereocenters. The highest BCUT2D eigenvalue weighted by Gasteiger charge is 2.67. The predicted molar refractivity (Wildman–Crippen MR) is 118 cm³/mol. The zero-order chi connectivity index (χ0) is 22.0. The van der Waals surface area contributed by atoms with E-state index in [9.17, 15) is 14.4 Å². The van der Waals surface area contributed by atoms with Crippen LogP contribution < -0.4 is 10.1 Å². The highest BCUT2D eigenvalue weighted by Crippen LogP contribution is 2.65. The van der Waals surface area contributed by atoms with Crippen LogP contribution in [0.4, 0.5) is 5.69 Å². The first-order valence-corrected chi connectivity index (χ1v) is 11.2. The largest absolute Gasteiger partial charge is 0.456 e. The lowest BCUT2D eigenvalue weighted by Gasteiger charge is -2.37. The van der Waals surface area contributed by atoms with Gasteiger partial charge in [0.05, 0.1) is 16.9 Å². The molecule has 2 saturated carbocycles. The SMILES string of the molecule is O=C(CN1C(=O)[C@@H]2[C@@H]3C=C[C@H]([C@H]4C[C@@H]34)[C@@H]2C1=O)Nc1ccc(Oc2ccccc2Cl)cc1. The Morgan fingerprint density at radius 1 is 0.969 bits per heavy atom. The summed E-state index contributed by atoms with van der Waals surface area (Å²) in [6.45, 7) is -0.253. The molecule has 0 spiro atoms. The molecule has 4 aliphatic carbocycles. The van der Waals surface area contributed by atoms with Gasteiger partial charge in [-0.1, -0.05) is 35.9 Å². The molecule has 6 atom stereocenters. The number of imide groups is 1. The van der Waals surface area contributed by atoms with Crippen LogP contribution in [-0.2, 0) is 14.4 Å². The maximum absolute atomic E-state index is 13.0. The Morgan fingerprint density at radius 3 is 2.22 bits per heavy atom. The number of allylic oxidation sites excluding steroid dienone is 2. The zero-order valence-electron chi connectivity index (χ0n) is 17.1. The number of anilines is 1. The van der Waals surface area contributed by atoms with Crippen LogP contribution in [0, 0.1) is 35.5 Å². The first kappa shape index (κ1) is 19.6. The number of nitrogens with zero attached hydrogens (tertiary/aromatic N) is 1. The number of halogens is 1. The third-order valence-electron chi connectivity index (χ3n) is 7.26. The van der Waals surface area contributed by atoms with Crippen molar-refractivity contribution in [2.75, 3.05) is 11.9 Å². The molecule has 0 radical (unpaired) electrons. The minimum absolute atomic E-state index is 0.158. The van der Waals surface area contributed by atoms with E-state index < -0.39 is 5.91 Å². The third kappa shape index (κ3) is 3.05. The summed E-state index contributed by atoms with van der Waals surface area (Å²) in [6, 6.07) is 14.0. The number of ether oxygens (including phenoxy) is 1. The number of rotatable bonds is 5. The summed E-state index contributed by atoms with van der Waals surface area (Å²) < 4.78 is 5.75. The molecule has 32 heavy (non-hydrogen) atoms. The Kier molecular flexibility index (Phi) is 4.40. The number of nitrogens with one attached hydrogen (secondary N) is 1. The molecular formula is C25H21ClN2O4. The lowest BCUT2D eigenvalue weighted by atomic mass is 9.63. The highest BCUT2D eigenvalue weighted by molar-refractivity contribution is 6.32. The number of amides is 3. The van der Waals surface area contributed by atoms with Gasteiger partial charge in [0.1, 0.15) is 18.0 Å². The first-order valence-electron chi connectivity index (χ1n) is 10.9. The average Bonchev–Trinajstić information content (AvgIpc) is 3.58. The number of carbonyl (C=O) groups is 3. The Bertz CT molecular complexity index is 1120. The first-order chi connectivity index (χ1) is 15.5. The number of hydrogen-bond acceptors (Lipinski definition) is 4. The van der Waals surface area contributed by atoms with Gasteiger partial charge in [-0.3, -0.25) is 19.3 Å². The van der Waals surface area contributed by atoms with E-state index >= 15 is 0 Å². The van der Waals surface area contributed by atoms with Crippen LogP contribution in [0.2, 0.25) is 5.02 Å². The van der Waals surface area contributed by atoms with Gasteiger partial charge in [-0.25, -0.2) is 0 Å². The minimum Gasteiger partial charge on any atom is -0.456 e. The molecule has 0 aromatic heterocycles. The van der Waals surface area contributed by atoms with E-state index in [4.69, 9.17) is 16.3 Å². The maximum atomic E-state index is 13.0. The summed E-state index contributed by atoms with van der Waals surface area (Å²) in [5.74, 6) is 1.18. The molecule has 3 fully saturated rings. The topological polar surface area (TPSA) is 75.7 Å². The Morgan fingerprint density at radius 2 is 1.59 bits per heavy atom. The van der Waals surface area contributed by atoms with Gasteiger partial charge in [-0.2, -0.15) is 0 Å². The number of hydrogen-bond donors (Lipinski definition) is 1. The smallest absolute Gasteiger partial charge is 0.244 e. The quantitative estimate of drug-likeness (QED) is 0.551. The van der Waals surface area contributed by atoms with Gasteiger partial charge in [0.2, 0.25) is 17.7 Å². The average molecular weight is 449 g/mol. The van der Waals surface area contributed by atoms with Gasteiger partial charge in [0.25, 0.3) is 0 Å². The zero-order valence-corrected chi connectivity index (χ0v) is 17.9. The van der Waals surface area contributed by atoms with Gasteiger partial charge in [0.15, 0.2) is 0 Å². The summed E-state index contributed by atoms with van der Waals surface area (Å²) in [5.41, 5.74) is 0.556. The van der Waals surface area contributed by atoms with Crippen LogP contribution in [0.25, 0.3) is 0 Å². The van der Waals surface area contributed by atoms with Crippen LogP contribution in [0.3, 0.4) is 0 Å². The Hall–Kier alpha value is -3.12. The lowest BCUT2D eigenvalue weighted by Crippen LogP contribution is -2.40. The van der Waals surface area contributed by atoms with E-state index in [1.807, 2.05) is 12.1 Å². The molecule has 162 valence electrons. The summed E-state index contributed by atoms with van der Waals surface area (Å²) in [7, 11) is 0. The fraction of sp³-hybridized carbons (Fsp3) is 0.320. The maximum Gasteiger partial charge on any atom is 0.244 e. The normalized spacial score (nSPS) is 31.3. The molecule has 1 aliphatic heterocycles. The number of likely N-dealkylation sites (tertiary alicyclic amines) is 1. The van der Waals surface area contributed by atoms with Crippen molar-refractivity contribution in [2.24, 2.45) is 35.5 Å². The fourth-order valence-electron chi connectivity index (χ4n) is 5.78. The molecule has 2 aromatic rings. The van der Waals surface area contributed by atoms with E-state index in [0.717, 1.165) is 11.3 Å². The van der Waals surface area contributed by atoms with Crippen LogP contribution in [0.15, 0.2) is 60.7 Å². The second-order valence-electron chi connectivity index (χ2n) is 9.02. The predicted octanol–water partition coefficient (Wildman–Crippen LogP) is 4.12. The van der Waals surface area contributed by atoms with Crippen molar-refractivity contribution in [3.63, 3.8) is 0 Å². The molecule has 2 aromatic carbocycles. The molecular weight excluding hydrogens is 428 g/mol. The monoisotopic (exact) mass is 448 g/mol. The molecule has 7 heteroatoms. The molecule has 1 N–H and O–H groups in total. The Balaban J connectivity index is 1.10. The molecule has 3 amide bonds. The lowest BCUT2D eigenvalue weighted by molar-refractivity contribution is -0.142. The van der Waals surface area contributed by atoms with Crippen LogP contribution in [0.1, 0.15) is 6.42 Å². The van der Waals surface area contributed by atoms with Crippen molar-refractivity contribution >= 4 is 35.0 Å². The third-order valence-corrected chi connectivity index (χ3v) is 7.57. The van der Waals surface area contributed by atoms with Gasteiger partial charge in [0, 0.05) is 5.69 Å². The van der Waals surface area contributed by atoms with Crippen molar-refractivity contribution in [3.05, 3.63) is 65.7 Å². The number of carbonyl (C=O) groups excluding carboxylic acids is 3. The second-order valence-corrected chi connectivity index (χ2v) is 9.43. The summed E-state index contributed by atoms with van der Waals surface area (Å²) >= 11 is 6.11. The summed E-state index contributed by atoms with van der Waals surface area (Å²) in [4.78, 5) is 39.8. The van der Waals surface area contributed by atoms with Gasteiger partial charge in [-0.15, -0.1) is 0 Å². The van der Waals surface area contributed by atoms with Crippen molar-refractivity contribution < 1.29 is 19.1 Å². The van der Waals surface area contributed by atoms with Gasteiger partial charge < -0.3 is 10.1 Å². The van der Waals surface area contributed by atoms with Gasteiger partial charge >= 0.3 is 0 Å². The molecule has 5 aliphatic rings. The molecule has 6 nitrogen and oxygen atoms in total. The van der Waals surface area contributed by atoms with Crippen molar-refractivity contribution in [2.45, 2.75) is 6.42 Å². The molecule has 7 rings (SSSR count). The Labute approximate surface area is 190 Å². The molecule has 1 saturated heterocycles. The van der Waals surface area contributed by atoms with Crippen LogP contribution >= 0.6 is 11.6 Å². The highest BCUT2D eigenvalue weighted by atomic mass is 35.5. The van der Waals surface area contributed by atoms with E-state index in [1.165, 1.54) is 0 Å². The minimum atomic E-state index is -0.393. The van der Waals surface area contributed by atoms with Crippen molar-refractivity contribution in [1.82, 2.24) is 4.90 Å².